The largest absolute Gasteiger partial charge is 0.449 e. The molecule has 1 amide bonds. The van der Waals surface area contributed by atoms with Crippen molar-refractivity contribution >= 4 is 20.3 Å². The standard InChI is InChI=1S/C14H20NO4P/c1-4-17-13(16)15(12-8-6-5-7-9-12)20-18-10-14(2,3)11-19-20/h5-9H,4,10-11H2,1-3H3. The first-order valence-corrected chi connectivity index (χ1v) is 7.74. The van der Waals surface area contributed by atoms with Gasteiger partial charge in [0.25, 0.3) is 8.53 Å². The lowest BCUT2D eigenvalue weighted by Gasteiger charge is -2.37. The van der Waals surface area contributed by atoms with Crippen LogP contribution in [0.3, 0.4) is 0 Å². The summed E-state index contributed by atoms with van der Waals surface area (Å²) in [6.45, 7) is 7.34. The summed E-state index contributed by atoms with van der Waals surface area (Å²) in [5, 5.41) is 0. The van der Waals surface area contributed by atoms with Crippen LogP contribution in [0.25, 0.3) is 0 Å². The van der Waals surface area contributed by atoms with Gasteiger partial charge < -0.3 is 13.8 Å². The van der Waals surface area contributed by atoms with E-state index in [4.69, 9.17) is 13.8 Å². The minimum Gasteiger partial charge on any atom is -0.449 e. The highest BCUT2D eigenvalue weighted by Gasteiger charge is 2.37. The summed E-state index contributed by atoms with van der Waals surface area (Å²) in [6.07, 6.45) is -0.440. The van der Waals surface area contributed by atoms with Crippen molar-refractivity contribution in [2.24, 2.45) is 5.41 Å². The smallest absolute Gasteiger partial charge is 0.421 e. The maximum absolute atomic E-state index is 12.2. The van der Waals surface area contributed by atoms with Gasteiger partial charge in [-0.2, -0.15) is 0 Å². The van der Waals surface area contributed by atoms with Crippen LogP contribution in [0.5, 0.6) is 0 Å². The van der Waals surface area contributed by atoms with E-state index in [1.54, 1.807) is 6.92 Å². The molecule has 0 spiro atoms. The SMILES string of the molecule is CCOC(=O)N(c1ccccc1)P1OCC(C)(C)CO1. The van der Waals surface area contributed by atoms with Crippen LogP contribution >= 0.6 is 8.53 Å². The fourth-order valence-electron chi connectivity index (χ4n) is 1.67. The van der Waals surface area contributed by atoms with Gasteiger partial charge in [-0.3, -0.25) is 0 Å². The van der Waals surface area contributed by atoms with Gasteiger partial charge in [0.2, 0.25) is 0 Å². The van der Waals surface area contributed by atoms with Crippen molar-refractivity contribution < 1.29 is 18.6 Å². The molecular formula is C14H20NO4P. The monoisotopic (exact) mass is 297 g/mol. The van der Waals surface area contributed by atoms with E-state index in [9.17, 15) is 4.79 Å². The average molecular weight is 297 g/mol. The molecule has 1 aromatic carbocycles. The van der Waals surface area contributed by atoms with Gasteiger partial charge in [-0.05, 0) is 19.1 Å². The summed E-state index contributed by atoms with van der Waals surface area (Å²) in [7, 11) is -1.46. The molecule has 5 nitrogen and oxygen atoms in total. The van der Waals surface area contributed by atoms with Crippen LogP contribution in [0, 0.1) is 5.41 Å². The molecule has 110 valence electrons. The van der Waals surface area contributed by atoms with Crippen LogP contribution < -0.4 is 4.67 Å². The van der Waals surface area contributed by atoms with Crippen molar-refractivity contribution in [3.05, 3.63) is 30.3 Å². The van der Waals surface area contributed by atoms with Gasteiger partial charge in [0.15, 0.2) is 0 Å². The number of ether oxygens (including phenoxy) is 1. The molecule has 1 aliphatic rings. The first-order chi connectivity index (χ1) is 9.53. The van der Waals surface area contributed by atoms with Crippen LogP contribution in [0.2, 0.25) is 0 Å². The second-order valence-electron chi connectivity index (χ2n) is 5.30. The molecule has 0 bridgehead atoms. The highest BCUT2D eigenvalue weighted by atomic mass is 31.2. The molecule has 0 unspecified atom stereocenters. The van der Waals surface area contributed by atoms with Crippen molar-refractivity contribution in [3.8, 4) is 0 Å². The predicted octanol–water partition coefficient (Wildman–Crippen LogP) is 3.95. The number of rotatable bonds is 3. The molecule has 0 N–H and O–H groups in total. The highest BCUT2D eigenvalue weighted by molar-refractivity contribution is 7.50. The molecule has 0 saturated carbocycles. The fraction of sp³-hybridized carbons (Fsp3) is 0.500. The van der Waals surface area contributed by atoms with E-state index in [0.717, 1.165) is 5.69 Å². The average Bonchev–Trinajstić information content (AvgIpc) is 2.42. The number of nitrogens with zero attached hydrogens (tertiary/aromatic N) is 1. The molecule has 0 aromatic heterocycles. The topological polar surface area (TPSA) is 48.0 Å². The summed E-state index contributed by atoms with van der Waals surface area (Å²) >= 11 is 0. The second kappa shape index (κ2) is 6.53. The van der Waals surface area contributed by atoms with E-state index in [2.05, 4.69) is 13.8 Å². The molecule has 0 radical (unpaired) electrons. The Labute approximate surface area is 120 Å². The molecule has 0 atom stereocenters. The van der Waals surface area contributed by atoms with Crippen LogP contribution in [0.1, 0.15) is 20.8 Å². The maximum Gasteiger partial charge on any atom is 0.421 e. The van der Waals surface area contributed by atoms with Gasteiger partial charge in [-0.25, -0.2) is 9.46 Å². The number of hydrogen-bond donors (Lipinski definition) is 0. The fourth-order valence-corrected chi connectivity index (χ4v) is 3.41. The lowest BCUT2D eigenvalue weighted by atomic mass is 9.97. The van der Waals surface area contributed by atoms with E-state index in [1.165, 1.54) is 4.67 Å². The van der Waals surface area contributed by atoms with Gasteiger partial charge in [-0.15, -0.1) is 0 Å². The summed E-state index contributed by atoms with van der Waals surface area (Å²) in [6, 6.07) is 9.30. The van der Waals surface area contributed by atoms with Crippen molar-refractivity contribution in [1.29, 1.82) is 0 Å². The Hall–Kier alpha value is -1.16. The first-order valence-electron chi connectivity index (χ1n) is 6.61. The van der Waals surface area contributed by atoms with E-state index >= 15 is 0 Å². The minimum absolute atomic E-state index is 0.0319. The Morgan fingerprint density at radius 3 is 2.45 bits per heavy atom. The lowest BCUT2D eigenvalue weighted by Crippen LogP contribution is -2.35. The van der Waals surface area contributed by atoms with E-state index in [-0.39, 0.29) is 5.41 Å². The third kappa shape index (κ3) is 3.69. The zero-order chi connectivity index (χ0) is 14.6. The molecule has 20 heavy (non-hydrogen) atoms. The number of carbonyl (C=O) groups excluding carboxylic acids is 1. The van der Waals surface area contributed by atoms with Crippen LogP contribution in [0.4, 0.5) is 10.5 Å². The normalized spacial score (nSPS) is 18.6. The molecule has 1 aromatic rings. The zero-order valence-electron chi connectivity index (χ0n) is 12.0. The predicted molar refractivity (Wildman–Crippen MR) is 78.5 cm³/mol. The Morgan fingerprint density at radius 1 is 1.30 bits per heavy atom. The van der Waals surface area contributed by atoms with Gasteiger partial charge >= 0.3 is 6.09 Å². The molecule has 1 saturated heterocycles. The maximum atomic E-state index is 12.2. The van der Waals surface area contributed by atoms with Crippen LogP contribution in [-0.4, -0.2) is 25.9 Å². The quantitative estimate of drug-likeness (QED) is 0.793. The Morgan fingerprint density at radius 2 is 1.90 bits per heavy atom. The number of benzene rings is 1. The van der Waals surface area contributed by atoms with Crippen molar-refractivity contribution in [1.82, 2.24) is 0 Å². The molecule has 0 aliphatic carbocycles. The van der Waals surface area contributed by atoms with E-state index < -0.39 is 14.6 Å². The highest BCUT2D eigenvalue weighted by Crippen LogP contribution is 2.51. The Kier molecular flexibility index (Phi) is 4.97. The van der Waals surface area contributed by atoms with Crippen molar-refractivity contribution in [2.75, 3.05) is 24.5 Å². The van der Waals surface area contributed by atoms with E-state index in [1.807, 2.05) is 30.3 Å². The number of amides is 1. The second-order valence-corrected chi connectivity index (χ2v) is 6.69. The van der Waals surface area contributed by atoms with Crippen molar-refractivity contribution in [2.45, 2.75) is 20.8 Å². The van der Waals surface area contributed by atoms with Gasteiger partial charge in [0, 0.05) is 5.41 Å². The van der Waals surface area contributed by atoms with Crippen molar-refractivity contribution in [3.63, 3.8) is 0 Å². The molecular weight excluding hydrogens is 277 g/mol. The van der Waals surface area contributed by atoms with Crippen LogP contribution in [0.15, 0.2) is 30.3 Å². The summed E-state index contributed by atoms with van der Waals surface area (Å²) in [5.74, 6) is 0. The van der Waals surface area contributed by atoms with Gasteiger partial charge in [0.05, 0.1) is 25.5 Å². The molecule has 1 fully saturated rings. The summed E-state index contributed by atoms with van der Waals surface area (Å²) in [5.41, 5.74) is 0.687. The van der Waals surface area contributed by atoms with Crippen LogP contribution in [-0.2, 0) is 13.8 Å². The number of anilines is 1. The zero-order valence-corrected chi connectivity index (χ0v) is 12.9. The molecule has 2 rings (SSSR count). The minimum atomic E-state index is -1.46. The Bertz CT molecular complexity index is 442. The van der Waals surface area contributed by atoms with Gasteiger partial charge in [-0.1, -0.05) is 32.0 Å². The number of para-hydroxylation sites is 1. The summed E-state index contributed by atoms with van der Waals surface area (Å²) in [4.78, 5) is 12.2. The molecule has 6 heteroatoms. The van der Waals surface area contributed by atoms with E-state index in [0.29, 0.717) is 19.8 Å². The number of carbonyl (C=O) groups is 1. The number of hydrogen-bond acceptors (Lipinski definition) is 4. The third-order valence-electron chi connectivity index (χ3n) is 2.74. The molecule has 1 aliphatic heterocycles. The Balaban J connectivity index is 2.17. The third-order valence-corrected chi connectivity index (χ3v) is 4.16. The first kappa shape index (κ1) is 15.2. The lowest BCUT2D eigenvalue weighted by molar-refractivity contribution is 0.0602. The summed E-state index contributed by atoms with van der Waals surface area (Å²) < 4.78 is 18.1. The molecule has 1 heterocycles. The van der Waals surface area contributed by atoms with Gasteiger partial charge in [0.1, 0.15) is 0 Å².